The molecule has 2 aliphatic heterocycles. The summed E-state index contributed by atoms with van der Waals surface area (Å²) in [6.45, 7) is 10.7. The van der Waals surface area contributed by atoms with Crippen molar-refractivity contribution in [2.75, 3.05) is 20.6 Å². The number of carbonyl (C=O) groups excluding carboxylic acids is 5. The van der Waals surface area contributed by atoms with Gasteiger partial charge in [0.1, 0.15) is 29.5 Å². The Bertz CT molecular complexity index is 1660. The average molecular weight is 675 g/mol. The fourth-order valence-electron chi connectivity index (χ4n) is 6.23. The first-order valence-electron chi connectivity index (χ1n) is 16.8. The zero-order valence-electron chi connectivity index (χ0n) is 29.7. The normalized spacial score (nSPS) is 20.2. The lowest BCUT2D eigenvalue weighted by atomic mass is 9.93. The van der Waals surface area contributed by atoms with Crippen LogP contribution in [0.25, 0.3) is 10.9 Å². The first-order valence-corrected chi connectivity index (χ1v) is 16.8. The Kier molecular flexibility index (Phi) is 11.9. The van der Waals surface area contributed by atoms with Crippen molar-refractivity contribution in [3.8, 4) is 5.75 Å². The van der Waals surface area contributed by atoms with Crippen LogP contribution in [-0.2, 0) is 25.6 Å². The van der Waals surface area contributed by atoms with Crippen LogP contribution in [-0.4, -0.2) is 89.7 Å². The Morgan fingerprint density at radius 3 is 2.29 bits per heavy atom. The van der Waals surface area contributed by atoms with E-state index in [2.05, 4.69) is 26.3 Å². The van der Waals surface area contributed by atoms with Crippen molar-refractivity contribution in [3.63, 3.8) is 0 Å². The second kappa shape index (κ2) is 15.7. The fraction of sp³-hybridized carbons (Fsp3) is 0.486. The molecular weight excluding hydrogens is 624 g/mol. The van der Waals surface area contributed by atoms with Gasteiger partial charge in [0.2, 0.25) is 23.6 Å². The Hall–Kier alpha value is -4.71. The molecule has 0 fully saturated rings. The summed E-state index contributed by atoms with van der Waals surface area (Å²) in [5.74, 6) is -2.29. The molecule has 5 unspecified atom stereocenters. The zero-order valence-corrected chi connectivity index (χ0v) is 29.7. The molecule has 12 nitrogen and oxygen atoms in total. The minimum atomic E-state index is -1.36. The number of aromatic amines is 1. The highest BCUT2D eigenvalue weighted by Gasteiger charge is 2.42. The number of ketones is 1. The van der Waals surface area contributed by atoms with Crippen molar-refractivity contribution >= 4 is 40.3 Å². The third-order valence-electron chi connectivity index (χ3n) is 9.21. The minimum absolute atomic E-state index is 0.0329. The number of hydrogen-bond acceptors (Lipinski definition) is 7. The van der Waals surface area contributed by atoms with Gasteiger partial charge >= 0.3 is 0 Å². The molecule has 264 valence electrons. The summed E-state index contributed by atoms with van der Waals surface area (Å²) < 4.78 is 6.29. The maximum absolute atomic E-state index is 14.3. The molecule has 12 heteroatoms. The van der Waals surface area contributed by atoms with Gasteiger partial charge in [0.15, 0.2) is 5.78 Å². The molecule has 49 heavy (non-hydrogen) atoms. The number of benzene rings is 2. The van der Waals surface area contributed by atoms with Gasteiger partial charge in [0, 0.05) is 29.1 Å². The lowest BCUT2D eigenvalue weighted by molar-refractivity contribution is -0.138. The van der Waals surface area contributed by atoms with Crippen LogP contribution in [0.15, 0.2) is 54.7 Å². The number of amides is 4. The third kappa shape index (κ3) is 8.86. The van der Waals surface area contributed by atoms with Crippen molar-refractivity contribution in [2.45, 2.75) is 84.2 Å². The lowest BCUT2D eigenvalue weighted by Gasteiger charge is -2.37. The number of likely N-dealkylation sites (N-methyl/N-ethyl adjacent to an activating group) is 1. The van der Waals surface area contributed by atoms with E-state index < -0.39 is 47.5 Å². The summed E-state index contributed by atoms with van der Waals surface area (Å²) >= 11 is 0. The van der Waals surface area contributed by atoms with Crippen LogP contribution in [0.1, 0.15) is 63.9 Å². The van der Waals surface area contributed by atoms with E-state index in [1.165, 1.54) is 0 Å². The maximum atomic E-state index is 14.3. The SMILES string of the molecule is CCC(C)C(C(=O)NC(C(=O)NC1C(=O)NC(Cc2c[nH]c3ccccc23)C(=O)NCC(=O)c2ccc(cc2)OC1(C)C)C(C)C)N(C)C. The standard InChI is InChI=1S/C37H50N6O6/c1-9-22(4)31(43(7)8)35(47)41-30(21(2)3)34(46)42-32-36(48)40-28(18-24-19-38-27-13-11-10-12-26(24)27)33(45)39-20-29(44)23-14-16-25(17-15-23)49-37(32,5)6/h10-17,19,21-22,28,30-32,38H,9,18,20H2,1-8H3,(H,39,45)(H,40,48)(H,41,47)(H,42,46). The second-order valence-electron chi connectivity index (χ2n) is 14.0. The van der Waals surface area contributed by atoms with Crippen LogP contribution in [0.4, 0.5) is 0 Å². The molecule has 0 aliphatic carbocycles. The Balaban J connectivity index is 1.69. The summed E-state index contributed by atoms with van der Waals surface area (Å²) in [6.07, 6.45) is 2.66. The molecule has 0 spiro atoms. The predicted octanol–water partition coefficient (Wildman–Crippen LogP) is 2.97. The number of ether oxygens (including phenoxy) is 1. The Morgan fingerprint density at radius 2 is 1.65 bits per heavy atom. The lowest BCUT2D eigenvalue weighted by Crippen LogP contribution is -2.65. The van der Waals surface area contributed by atoms with Crippen LogP contribution in [0.2, 0.25) is 0 Å². The molecule has 2 bridgehead atoms. The number of nitrogens with one attached hydrogen (secondary N) is 5. The largest absolute Gasteiger partial charge is 0.485 e. The van der Waals surface area contributed by atoms with Gasteiger partial charge in [0.05, 0.1) is 12.6 Å². The first kappa shape index (κ1) is 37.1. The Morgan fingerprint density at radius 1 is 0.980 bits per heavy atom. The number of H-pyrrole nitrogens is 1. The molecule has 0 saturated carbocycles. The van der Waals surface area contributed by atoms with Crippen LogP contribution >= 0.6 is 0 Å². The van der Waals surface area contributed by atoms with Gasteiger partial charge in [0.25, 0.3) is 0 Å². The summed E-state index contributed by atoms with van der Waals surface area (Å²) in [7, 11) is 3.65. The predicted molar refractivity (Wildman–Crippen MR) is 188 cm³/mol. The monoisotopic (exact) mass is 674 g/mol. The van der Waals surface area contributed by atoms with Crippen molar-refractivity contribution < 1.29 is 28.7 Å². The van der Waals surface area contributed by atoms with Gasteiger partial charge in [-0.15, -0.1) is 0 Å². The van der Waals surface area contributed by atoms with Gasteiger partial charge in [-0.2, -0.15) is 0 Å². The number of rotatable bonds is 10. The van der Waals surface area contributed by atoms with Crippen LogP contribution in [0, 0.1) is 11.8 Å². The first-order chi connectivity index (χ1) is 23.1. The van der Waals surface area contributed by atoms with E-state index in [-0.39, 0.29) is 36.5 Å². The highest BCUT2D eigenvalue weighted by Crippen LogP contribution is 2.24. The van der Waals surface area contributed by atoms with Crippen molar-refractivity contribution in [1.29, 1.82) is 0 Å². The molecule has 5 N–H and O–H groups in total. The number of carbonyl (C=O) groups is 5. The molecule has 3 aromatic rings. The summed E-state index contributed by atoms with van der Waals surface area (Å²) in [4.78, 5) is 73.4. The molecule has 2 aromatic carbocycles. The van der Waals surface area contributed by atoms with E-state index in [0.717, 1.165) is 22.9 Å². The number of fused-ring (bicyclic) bond motifs is 12. The highest BCUT2D eigenvalue weighted by molar-refractivity contribution is 6.01. The summed E-state index contributed by atoms with van der Waals surface area (Å²) in [5.41, 5.74) is 0.683. The number of Topliss-reactive ketones (excluding diaryl/α,β-unsaturated/α-hetero) is 1. The molecule has 0 radical (unpaired) electrons. The Labute approximate surface area is 288 Å². The van der Waals surface area contributed by atoms with Gasteiger partial charge < -0.3 is 31.0 Å². The van der Waals surface area contributed by atoms with Crippen molar-refractivity contribution in [1.82, 2.24) is 31.2 Å². The summed E-state index contributed by atoms with van der Waals surface area (Å²) in [6, 6.07) is 10.2. The third-order valence-corrected chi connectivity index (χ3v) is 9.21. The quantitative estimate of drug-likeness (QED) is 0.221. The van der Waals surface area contributed by atoms with Gasteiger partial charge in [-0.3, -0.25) is 28.9 Å². The van der Waals surface area contributed by atoms with Crippen LogP contribution in [0.3, 0.4) is 0 Å². The summed E-state index contributed by atoms with van der Waals surface area (Å²) in [5, 5.41) is 12.2. The maximum Gasteiger partial charge on any atom is 0.247 e. The average Bonchev–Trinajstić information content (AvgIpc) is 3.46. The van der Waals surface area contributed by atoms with E-state index in [9.17, 15) is 24.0 Å². The van der Waals surface area contributed by atoms with E-state index in [1.807, 2.05) is 71.0 Å². The van der Waals surface area contributed by atoms with E-state index in [4.69, 9.17) is 4.74 Å². The zero-order chi connectivity index (χ0) is 36.0. The van der Waals surface area contributed by atoms with Gasteiger partial charge in [-0.25, -0.2) is 0 Å². The number of aromatic nitrogens is 1. The van der Waals surface area contributed by atoms with Crippen LogP contribution in [0.5, 0.6) is 5.75 Å². The van der Waals surface area contributed by atoms with E-state index >= 15 is 0 Å². The smallest absolute Gasteiger partial charge is 0.247 e. The molecule has 1 aromatic heterocycles. The molecule has 5 rings (SSSR count). The van der Waals surface area contributed by atoms with Crippen molar-refractivity contribution in [3.05, 3.63) is 65.9 Å². The molecule has 2 aliphatic rings. The molecule has 3 heterocycles. The number of hydrogen-bond donors (Lipinski definition) is 5. The van der Waals surface area contributed by atoms with E-state index in [1.54, 1.807) is 44.3 Å². The number of para-hydroxylation sites is 1. The molecule has 4 amide bonds. The second-order valence-corrected chi connectivity index (χ2v) is 14.0. The highest BCUT2D eigenvalue weighted by atomic mass is 16.5. The topological polar surface area (TPSA) is 162 Å². The van der Waals surface area contributed by atoms with Crippen molar-refractivity contribution in [2.24, 2.45) is 11.8 Å². The minimum Gasteiger partial charge on any atom is -0.485 e. The molecule has 0 saturated heterocycles. The number of nitrogens with zero attached hydrogens (tertiary/aromatic N) is 1. The fourth-order valence-corrected chi connectivity index (χ4v) is 6.23. The van der Waals surface area contributed by atoms with Gasteiger partial charge in [-0.1, -0.05) is 52.3 Å². The van der Waals surface area contributed by atoms with E-state index in [0.29, 0.717) is 11.3 Å². The van der Waals surface area contributed by atoms with Gasteiger partial charge in [-0.05, 0) is 75.7 Å². The van der Waals surface area contributed by atoms with Crippen LogP contribution < -0.4 is 26.0 Å². The molecule has 5 atom stereocenters. The molecular formula is C37H50N6O6.